The summed E-state index contributed by atoms with van der Waals surface area (Å²) >= 11 is 5.93. The number of carbonyl (C=O) groups excluding carboxylic acids is 1. The number of rotatable bonds is 4. The number of benzene rings is 1. The van der Waals surface area contributed by atoms with Crippen molar-refractivity contribution in [1.82, 2.24) is 0 Å². The molecule has 0 heterocycles. The van der Waals surface area contributed by atoms with Crippen LogP contribution < -0.4 is 4.74 Å². The molecule has 0 saturated heterocycles. The first-order chi connectivity index (χ1) is 7.47. The summed E-state index contributed by atoms with van der Waals surface area (Å²) in [6, 6.07) is 7.01. The Balaban J connectivity index is 2.80. The lowest BCUT2D eigenvalue weighted by Crippen LogP contribution is -2.39. The molecule has 0 radical (unpaired) electrons. The maximum atomic E-state index is 11.6. The van der Waals surface area contributed by atoms with Gasteiger partial charge in [-0.25, -0.2) is 4.79 Å². The van der Waals surface area contributed by atoms with E-state index in [1.807, 2.05) is 0 Å². The minimum Gasteiger partial charge on any atom is -0.475 e. The molecule has 0 aliphatic heterocycles. The van der Waals surface area contributed by atoms with Gasteiger partial charge in [0.05, 0.1) is 11.6 Å². The Morgan fingerprint density at radius 1 is 1.38 bits per heavy atom. The van der Waals surface area contributed by atoms with Gasteiger partial charge < -0.3 is 9.47 Å². The van der Waals surface area contributed by atoms with Gasteiger partial charge in [0.25, 0.3) is 0 Å². The van der Waals surface area contributed by atoms with Crippen molar-refractivity contribution in [3.05, 3.63) is 29.3 Å². The smallest absolute Gasteiger partial charge is 0.349 e. The molecule has 0 aliphatic carbocycles. The average Bonchev–Trinajstić information content (AvgIpc) is 2.21. The van der Waals surface area contributed by atoms with Crippen LogP contribution in [-0.2, 0) is 9.53 Å². The van der Waals surface area contributed by atoms with Crippen LogP contribution in [0.25, 0.3) is 0 Å². The van der Waals surface area contributed by atoms with Crippen molar-refractivity contribution in [1.29, 1.82) is 0 Å². The second-order valence-corrected chi connectivity index (χ2v) is 4.17. The fourth-order valence-electron chi connectivity index (χ4n) is 1.15. The molecule has 88 valence electrons. The lowest BCUT2D eigenvalue weighted by atomic mass is 10.1. The standard InChI is InChI=1S/C12H15ClO3/c1-4-15-11(14)12(2,3)16-10-8-6-5-7-9(10)13/h5-8H,4H2,1-3H3. The lowest BCUT2D eigenvalue weighted by molar-refractivity contribution is -0.158. The van der Waals surface area contributed by atoms with Crippen molar-refractivity contribution < 1.29 is 14.3 Å². The number of hydrogen-bond acceptors (Lipinski definition) is 3. The van der Waals surface area contributed by atoms with E-state index in [4.69, 9.17) is 21.1 Å². The Hall–Kier alpha value is -1.22. The Morgan fingerprint density at radius 2 is 2.00 bits per heavy atom. The number of para-hydroxylation sites is 1. The van der Waals surface area contributed by atoms with Crippen LogP contribution in [0, 0.1) is 0 Å². The SMILES string of the molecule is CCOC(=O)C(C)(C)Oc1ccccc1Cl. The molecule has 0 saturated carbocycles. The molecule has 1 aromatic rings. The van der Waals surface area contributed by atoms with Crippen LogP contribution in [0.2, 0.25) is 5.02 Å². The quantitative estimate of drug-likeness (QED) is 0.762. The molecule has 4 heteroatoms. The van der Waals surface area contributed by atoms with Crippen molar-refractivity contribution in [2.45, 2.75) is 26.4 Å². The molecule has 0 aliphatic rings. The lowest BCUT2D eigenvalue weighted by Gasteiger charge is -2.24. The second kappa shape index (κ2) is 5.21. The maximum absolute atomic E-state index is 11.6. The van der Waals surface area contributed by atoms with Crippen LogP contribution in [-0.4, -0.2) is 18.2 Å². The highest BCUT2D eigenvalue weighted by atomic mass is 35.5. The third-order valence-corrected chi connectivity index (χ3v) is 2.28. The van der Waals surface area contributed by atoms with E-state index in [0.29, 0.717) is 17.4 Å². The summed E-state index contributed by atoms with van der Waals surface area (Å²) < 4.78 is 10.5. The van der Waals surface area contributed by atoms with Gasteiger partial charge in [-0.3, -0.25) is 0 Å². The Labute approximate surface area is 100 Å². The largest absolute Gasteiger partial charge is 0.475 e. The normalized spacial score (nSPS) is 11.0. The molecule has 0 spiro atoms. The van der Waals surface area contributed by atoms with E-state index in [9.17, 15) is 4.79 Å². The maximum Gasteiger partial charge on any atom is 0.349 e. The zero-order valence-corrected chi connectivity index (χ0v) is 10.4. The first-order valence-corrected chi connectivity index (χ1v) is 5.46. The minimum atomic E-state index is -1.04. The topological polar surface area (TPSA) is 35.5 Å². The molecule has 16 heavy (non-hydrogen) atoms. The van der Waals surface area contributed by atoms with Gasteiger partial charge in [-0.05, 0) is 32.9 Å². The summed E-state index contributed by atoms with van der Waals surface area (Å²) in [5, 5.41) is 0.472. The van der Waals surface area contributed by atoms with Gasteiger partial charge in [0.1, 0.15) is 5.75 Å². The minimum absolute atomic E-state index is 0.328. The Kier molecular flexibility index (Phi) is 4.19. The van der Waals surface area contributed by atoms with Crippen molar-refractivity contribution in [3.63, 3.8) is 0 Å². The highest BCUT2D eigenvalue weighted by Gasteiger charge is 2.32. The van der Waals surface area contributed by atoms with E-state index in [2.05, 4.69) is 0 Å². The summed E-state index contributed by atoms with van der Waals surface area (Å²) in [5.74, 6) is 0.0668. The van der Waals surface area contributed by atoms with E-state index >= 15 is 0 Å². The van der Waals surface area contributed by atoms with Gasteiger partial charge in [-0.1, -0.05) is 23.7 Å². The number of esters is 1. The molecule has 0 N–H and O–H groups in total. The summed E-state index contributed by atoms with van der Waals surface area (Å²) in [4.78, 5) is 11.6. The van der Waals surface area contributed by atoms with Gasteiger partial charge in [0, 0.05) is 0 Å². The van der Waals surface area contributed by atoms with Crippen molar-refractivity contribution >= 4 is 17.6 Å². The van der Waals surface area contributed by atoms with Crippen LogP contribution in [0.5, 0.6) is 5.75 Å². The molecule has 0 aromatic heterocycles. The average molecular weight is 243 g/mol. The van der Waals surface area contributed by atoms with Gasteiger partial charge in [0.2, 0.25) is 0 Å². The van der Waals surface area contributed by atoms with Crippen LogP contribution in [0.15, 0.2) is 24.3 Å². The predicted molar refractivity (Wildman–Crippen MR) is 62.8 cm³/mol. The summed E-state index contributed by atoms with van der Waals surface area (Å²) in [6.45, 7) is 5.38. The Bertz CT molecular complexity index is 374. The number of ether oxygens (including phenoxy) is 2. The van der Waals surface area contributed by atoms with Gasteiger partial charge in [-0.2, -0.15) is 0 Å². The molecule has 0 atom stereocenters. The fraction of sp³-hybridized carbons (Fsp3) is 0.417. The number of carbonyl (C=O) groups is 1. The molecule has 0 unspecified atom stereocenters. The van der Waals surface area contributed by atoms with Gasteiger partial charge in [-0.15, -0.1) is 0 Å². The molecule has 3 nitrogen and oxygen atoms in total. The molecular weight excluding hydrogens is 228 g/mol. The molecule has 1 rings (SSSR count). The number of halogens is 1. The zero-order chi connectivity index (χ0) is 12.2. The highest BCUT2D eigenvalue weighted by Crippen LogP contribution is 2.27. The first-order valence-electron chi connectivity index (χ1n) is 5.08. The molecule has 0 fully saturated rings. The highest BCUT2D eigenvalue weighted by molar-refractivity contribution is 6.32. The van der Waals surface area contributed by atoms with Crippen molar-refractivity contribution in [3.8, 4) is 5.75 Å². The summed E-state index contributed by atoms with van der Waals surface area (Å²) in [5.41, 5.74) is -1.04. The molecule has 0 amide bonds. The zero-order valence-electron chi connectivity index (χ0n) is 9.62. The van der Waals surface area contributed by atoms with Crippen molar-refractivity contribution in [2.75, 3.05) is 6.61 Å². The van der Waals surface area contributed by atoms with Crippen LogP contribution >= 0.6 is 11.6 Å². The summed E-state index contributed by atoms with van der Waals surface area (Å²) in [6.07, 6.45) is 0. The monoisotopic (exact) mass is 242 g/mol. The second-order valence-electron chi connectivity index (χ2n) is 3.76. The predicted octanol–water partition coefficient (Wildman–Crippen LogP) is 3.06. The van der Waals surface area contributed by atoms with E-state index in [-0.39, 0.29) is 0 Å². The molecule has 1 aromatic carbocycles. The molecular formula is C12H15ClO3. The van der Waals surface area contributed by atoms with E-state index in [0.717, 1.165) is 0 Å². The molecule has 0 bridgehead atoms. The third-order valence-electron chi connectivity index (χ3n) is 1.97. The van der Waals surface area contributed by atoms with E-state index < -0.39 is 11.6 Å². The van der Waals surface area contributed by atoms with E-state index in [1.54, 1.807) is 45.0 Å². The van der Waals surface area contributed by atoms with Gasteiger partial charge >= 0.3 is 5.97 Å². The van der Waals surface area contributed by atoms with Crippen molar-refractivity contribution in [2.24, 2.45) is 0 Å². The number of hydrogen-bond donors (Lipinski definition) is 0. The fourth-order valence-corrected chi connectivity index (χ4v) is 1.32. The van der Waals surface area contributed by atoms with Crippen LogP contribution in [0.1, 0.15) is 20.8 Å². The third kappa shape index (κ3) is 3.14. The van der Waals surface area contributed by atoms with E-state index in [1.165, 1.54) is 0 Å². The first kappa shape index (κ1) is 12.8. The Morgan fingerprint density at radius 3 is 2.56 bits per heavy atom. The van der Waals surface area contributed by atoms with Gasteiger partial charge in [0.15, 0.2) is 5.60 Å². The summed E-state index contributed by atoms with van der Waals surface area (Å²) in [7, 11) is 0. The van der Waals surface area contributed by atoms with Crippen LogP contribution in [0.4, 0.5) is 0 Å². The van der Waals surface area contributed by atoms with Crippen LogP contribution in [0.3, 0.4) is 0 Å².